The number of guanidine groups is 1. The van der Waals surface area contributed by atoms with Crippen molar-refractivity contribution in [3.05, 3.63) is 34.1 Å². The summed E-state index contributed by atoms with van der Waals surface area (Å²) in [5.74, 6) is 1.12. The molecule has 0 radical (unpaired) electrons. The summed E-state index contributed by atoms with van der Waals surface area (Å²) >= 11 is 3.24. The van der Waals surface area contributed by atoms with Gasteiger partial charge >= 0.3 is 0 Å². The molecule has 1 aromatic carbocycles. The Hall–Kier alpha value is -0.420. The molecule has 0 amide bonds. The van der Waals surface area contributed by atoms with Crippen molar-refractivity contribution < 1.29 is 12.8 Å². The zero-order chi connectivity index (χ0) is 17.6. The molecule has 0 aromatic heterocycles. The Labute approximate surface area is 174 Å². The number of aliphatic imine (C=N–C) groups is 1. The smallest absolute Gasteiger partial charge is 0.190 e. The quantitative estimate of drug-likeness (QED) is 0.249. The van der Waals surface area contributed by atoms with Gasteiger partial charge < -0.3 is 10.6 Å². The van der Waals surface area contributed by atoms with Crippen LogP contribution in [0.5, 0.6) is 0 Å². The summed E-state index contributed by atoms with van der Waals surface area (Å²) in [6, 6.07) is 5.09. The fourth-order valence-electron chi connectivity index (χ4n) is 2.70. The van der Waals surface area contributed by atoms with E-state index in [1.807, 2.05) is 6.07 Å². The lowest BCUT2D eigenvalue weighted by molar-refractivity contribution is 0.566. The van der Waals surface area contributed by atoms with Crippen LogP contribution in [0.3, 0.4) is 0 Å². The van der Waals surface area contributed by atoms with E-state index >= 15 is 0 Å². The van der Waals surface area contributed by atoms with E-state index < -0.39 is 9.84 Å². The molecular weight excluding hydrogens is 524 g/mol. The van der Waals surface area contributed by atoms with Crippen LogP contribution in [-0.2, 0) is 16.3 Å². The maximum Gasteiger partial charge on any atom is 0.190 e. The third-order valence-corrected chi connectivity index (χ3v) is 6.37. The topological polar surface area (TPSA) is 70.6 Å². The Bertz CT molecular complexity index is 701. The average Bonchev–Trinajstić information content (AvgIpc) is 2.87. The van der Waals surface area contributed by atoms with Crippen molar-refractivity contribution in [2.75, 3.05) is 31.6 Å². The lowest BCUT2D eigenvalue weighted by Gasteiger charge is -2.14. The Kier molecular flexibility index (Phi) is 9.65. The third kappa shape index (κ3) is 7.78. The fraction of sp³-hybridized carbons (Fsp3) is 0.562. The van der Waals surface area contributed by atoms with Crippen LogP contribution in [0.1, 0.15) is 18.4 Å². The predicted molar refractivity (Wildman–Crippen MR) is 114 cm³/mol. The highest BCUT2D eigenvalue weighted by atomic mass is 127. The summed E-state index contributed by atoms with van der Waals surface area (Å²) in [6.45, 7) is 1.26. The van der Waals surface area contributed by atoms with E-state index in [2.05, 4.69) is 31.6 Å². The molecule has 9 heteroatoms. The zero-order valence-electron chi connectivity index (χ0n) is 14.1. The Morgan fingerprint density at radius 1 is 1.40 bits per heavy atom. The average molecular weight is 548 g/mol. The Morgan fingerprint density at radius 3 is 2.76 bits per heavy atom. The summed E-state index contributed by atoms with van der Waals surface area (Å²) in [4.78, 5) is 4.12. The highest BCUT2D eigenvalue weighted by Crippen LogP contribution is 2.17. The van der Waals surface area contributed by atoms with E-state index in [1.165, 1.54) is 6.07 Å². The number of nitrogens with zero attached hydrogens (tertiary/aromatic N) is 1. The number of benzene rings is 1. The van der Waals surface area contributed by atoms with E-state index in [0.29, 0.717) is 37.5 Å². The number of hydrogen-bond acceptors (Lipinski definition) is 3. The molecular formula is C16H24BrFIN3O2S. The van der Waals surface area contributed by atoms with Crippen molar-refractivity contribution in [2.45, 2.75) is 19.3 Å². The molecule has 1 aliphatic heterocycles. The van der Waals surface area contributed by atoms with Crippen LogP contribution >= 0.6 is 39.9 Å². The van der Waals surface area contributed by atoms with Crippen LogP contribution in [0.25, 0.3) is 0 Å². The molecule has 1 aliphatic rings. The molecule has 0 aliphatic carbocycles. The molecule has 2 N–H and O–H groups in total. The van der Waals surface area contributed by atoms with Crippen LogP contribution in [0.4, 0.5) is 4.39 Å². The predicted octanol–water partition coefficient (Wildman–Crippen LogP) is 2.74. The van der Waals surface area contributed by atoms with Gasteiger partial charge in [-0.25, -0.2) is 12.8 Å². The summed E-state index contributed by atoms with van der Waals surface area (Å²) in [6.07, 6.45) is 2.12. The van der Waals surface area contributed by atoms with Crippen molar-refractivity contribution >= 4 is 55.7 Å². The molecule has 0 spiro atoms. The summed E-state index contributed by atoms with van der Waals surface area (Å²) in [7, 11) is -1.17. The van der Waals surface area contributed by atoms with Crippen LogP contribution in [0, 0.1) is 11.7 Å². The standard InChI is InChI=1S/C16H23BrFN3O2S.HI/c1-19-16(21-10-12-6-8-24(22,23)11-12)20-7-2-3-13-4-5-14(17)9-15(13)18;/h4-5,9,12H,2-3,6-8,10-11H2,1H3,(H2,19,20,21);1H. The van der Waals surface area contributed by atoms with Crippen molar-refractivity contribution in [3.63, 3.8) is 0 Å². The number of nitrogens with one attached hydrogen (secondary N) is 2. The normalized spacial score (nSPS) is 19.3. The minimum Gasteiger partial charge on any atom is -0.356 e. The largest absolute Gasteiger partial charge is 0.356 e. The Morgan fingerprint density at radius 2 is 2.16 bits per heavy atom. The SMILES string of the molecule is CN=C(NCCCc1ccc(Br)cc1F)NCC1CCS(=O)(=O)C1.I. The minimum absolute atomic E-state index is 0. The van der Waals surface area contributed by atoms with E-state index in [9.17, 15) is 12.8 Å². The van der Waals surface area contributed by atoms with E-state index in [-0.39, 0.29) is 47.2 Å². The first kappa shape index (κ1) is 22.6. The van der Waals surface area contributed by atoms with Crippen molar-refractivity contribution in [1.29, 1.82) is 0 Å². The van der Waals surface area contributed by atoms with Crippen molar-refractivity contribution in [2.24, 2.45) is 10.9 Å². The molecule has 0 bridgehead atoms. The molecule has 1 atom stereocenters. The molecule has 1 unspecified atom stereocenters. The number of rotatable bonds is 6. The van der Waals surface area contributed by atoms with E-state index in [0.717, 1.165) is 10.9 Å². The minimum atomic E-state index is -2.85. The second-order valence-corrected chi connectivity index (χ2v) is 9.13. The van der Waals surface area contributed by atoms with Crippen LogP contribution in [-0.4, -0.2) is 46.0 Å². The van der Waals surface area contributed by atoms with Gasteiger partial charge in [0.1, 0.15) is 5.82 Å². The molecule has 1 saturated heterocycles. The summed E-state index contributed by atoms with van der Waals surface area (Å²) in [5.41, 5.74) is 0.694. The molecule has 2 rings (SSSR count). The number of halogens is 3. The first-order chi connectivity index (χ1) is 11.4. The maximum absolute atomic E-state index is 13.7. The fourth-order valence-corrected chi connectivity index (χ4v) is 4.90. The van der Waals surface area contributed by atoms with Gasteiger partial charge in [0, 0.05) is 24.6 Å². The lowest BCUT2D eigenvalue weighted by atomic mass is 10.1. The van der Waals surface area contributed by atoms with Crippen LogP contribution in [0.15, 0.2) is 27.7 Å². The van der Waals surface area contributed by atoms with Gasteiger partial charge in [-0.2, -0.15) is 0 Å². The number of aryl methyl sites for hydroxylation is 1. The van der Waals surface area contributed by atoms with Gasteiger partial charge in [-0.15, -0.1) is 24.0 Å². The van der Waals surface area contributed by atoms with Crippen LogP contribution in [0.2, 0.25) is 0 Å². The van der Waals surface area contributed by atoms with Gasteiger partial charge in [0.15, 0.2) is 15.8 Å². The van der Waals surface area contributed by atoms with Crippen LogP contribution < -0.4 is 10.6 Å². The highest BCUT2D eigenvalue weighted by molar-refractivity contribution is 14.0. The lowest BCUT2D eigenvalue weighted by Crippen LogP contribution is -2.40. The molecule has 1 fully saturated rings. The van der Waals surface area contributed by atoms with Gasteiger partial charge in [0.2, 0.25) is 0 Å². The molecule has 1 heterocycles. The summed E-state index contributed by atoms with van der Waals surface area (Å²) < 4.78 is 37.3. The maximum atomic E-state index is 13.7. The zero-order valence-corrected chi connectivity index (χ0v) is 18.8. The van der Waals surface area contributed by atoms with Gasteiger partial charge in [-0.1, -0.05) is 22.0 Å². The van der Waals surface area contributed by atoms with Gasteiger partial charge in [0.05, 0.1) is 11.5 Å². The van der Waals surface area contributed by atoms with E-state index in [4.69, 9.17) is 0 Å². The van der Waals surface area contributed by atoms with Gasteiger partial charge in [-0.05, 0) is 42.9 Å². The Balaban J connectivity index is 0.00000312. The van der Waals surface area contributed by atoms with Crippen molar-refractivity contribution in [1.82, 2.24) is 10.6 Å². The monoisotopic (exact) mass is 547 g/mol. The molecule has 5 nitrogen and oxygen atoms in total. The molecule has 142 valence electrons. The highest BCUT2D eigenvalue weighted by Gasteiger charge is 2.27. The first-order valence-corrected chi connectivity index (χ1v) is 10.6. The molecule has 25 heavy (non-hydrogen) atoms. The van der Waals surface area contributed by atoms with Gasteiger partial charge in [0.25, 0.3) is 0 Å². The third-order valence-electron chi connectivity index (χ3n) is 4.04. The number of sulfone groups is 1. The van der Waals surface area contributed by atoms with E-state index in [1.54, 1.807) is 13.1 Å². The first-order valence-electron chi connectivity index (χ1n) is 7.98. The summed E-state index contributed by atoms with van der Waals surface area (Å²) in [5, 5.41) is 6.33. The second-order valence-electron chi connectivity index (χ2n) is 5.99. The van der Waals surface area contributed by atoms with Gasteiger partial charge in [-0.3, -0.25) is 4.99 Å². The molecule has 1 aromatic rings. The van der Waals surface area contributed by atoms with Crippen molar-refractivity contribution in [3.8, 4) is 0 Å². The number of hydrogen-bond donors (Lipinski definition) is 2. The molecule has 0 saturated carbocycles. The second kappa shape index (κ2) is 10.7.